The van der Waals surface area contributed by atoms with E-state index in [4.69, 9.17) is 4.18 Å². The minimum atomic E-state index is -5.49. The Morgan fingerprint density at radius 1 is 0.653 bits per heavy atom. The molecule has 75 heavy (non-hydrogen) atoms. The second-order valence-electron chi connectivity index (χ2n) is 13.1. The number of phenolic OH excluding ortho intramolecular Hbond substituents is 1. The van der Waals surface area contributed by atoms with Gasteiger partial charge in [0.05, 0.1) is 67.7 Å². The molecule has 0 fully saturated rings. The molecule has 1 amide bonds. The molecule has 0 unspecified atom stereocenters. The average molecular weight is 1230 g/mol. The molecule has 5 rings (SSSR count). The third kappa shape index (κ3) is 23.2. The molecule has 378 valence electrons. The zero-order valence-electron chi connectivity index (χ0n) is 39.2. The summed E-state index contributed by atoms with van der Waals surface area (Å²) in [5, 5.41) is 58.9. The van der Waals surface area contributed by atoms with Crippen LogP contribution in [0, 0.1) is 0 Å². The molecule has 0 bridgehead atoms. The molecule has 0 saturated heterocycles. The molecule has 29 nitrogen and oxygen atoms in total. The van der Waals surface area contributed by atoms with Gasteiger partial charge in [0.1, 0.15) is 43.2 Å². The van der Waals surface area contributed by atoms with Crippen LogP contribution in [0.2, 0.25) is 0 Å². The minimum Gasteiger partial charge on any atom is -0.747 e. The van der Waals surface area contributed by atoms with Crippen LogP contribution in [0.4, 0.5) is 34.1 Å². The first kappa shape index (κ1) is 74.6. The Morgan fingerprint density at radius 2 is 1.28 bits per heavy atom. The van der Waals surface area contributed by atoms with Crippen LogP contribution in [0.3, 0.4) is 0 Å². The van der Waals surface area contributed by atoms with Gasteiger partial charge in [-0.1, -0.05) is 6.07 Å². The van der Waals surface area contributed by atoms with Crippen LogP contribution in [0.25, 0.3) is 10.8 Å². The number of phenols is 1. The molecular weight excluding hydrogens is 1200 g/mol. The maximum absolute atomic E-state index is 13.2. The van der Waals surface area contributed by atoms with E-state index in [1.807, 2.05) is 0 Å². The van der Waals surface area contributed by atoms with Crippen LogP contribution >= 0.6 is 24.4 Å². The zero-order chi connectivity index (χ0) is 51.5. The number of nitrogens with one attached hydrogen (secondary N) is 2. The van der Waals surface area contributed by atoms with Gasteiger partial charge in [-0.05, 0) is 78.9 Å². The van der Waals surface area contributed by atoms with Crippen molar-refractivity contribution in [3.8, 4) is 5.75 Å². The number of anilines is 2. The summed E-state index contributed by atoms with van der Waals surface area (Å²) in [6.45, 7) is -1.41. The topological polar surface area (TPSA) is 452 Å². The molecule has 5 aromatic carbocycles. The number of hydrogen-bond acceptors (Lipinski definition) is 30. The molecule has 41 heteroatoms. The third-order valence-corrected chi connectivity index (χ3v) is 14.8. The molecule has 3 N–H and O–H groups in total. The van der Waals surface area contributed by atoms with E-state index < -0.39 is 119 Å². The van der Waals surface area contributed by atoms with Gasteiger partial charge < -0.3 is 39.9 Å². The van der Waals surface area contributed by atoms with E-state index in [0.717, 1.165) is 48.5 Å². The standard InChI is InChI=1S/C34H32N6O23S7.5Na/c41-33-25-9-11-28(35-19-68(49,50)51)31(39-37-21-5-7-23(8-6-21)66(45,46)14-12-58-65-63-61-44)26(25)18-29(64-62-60-43)32(33)40-38-27-10-4-20(16-30(27)69(52,53)54)34(42)36-22-2-1-3-24(17-22)67(47,48)15-13-59-70(55,56)57;;;;;/h1-11,16-18,35,41,43-44H,12-15,19H2,(H,36,42)(H,49,50,51)(H,52,53,54)(H,55,56,57);;;;;/q;5*+1/p-5. The van der Waals surface area contributed by atoms with Gasteiger partial charge in [0, 0.05) is 22.0 Å². The molecule has 0 aromatic heterocycles. The number of fused-ring (bicyclic) bond motifs is 1. The third-order valence-electron chi connectivity index (χ3n) is 8.58. The number of azo groups is 2. The van der Waals surface area contributed by atoms with Crippen molar-refractivity contribution in [2.24, 2.45) is 20.5 Å². The van der Waals surface area contributed by atoms with Crippen molar-refractivity contribution in [3.05, 3.63) is 90.5 Å². The Labute approximate surface area is 546 Å². The van der Waals surface area contributed by atoms with E-state index >= 15 is 0 Å². The summed E-state index contributed by atoms with van der Waals surface area (Å²) < 4.78 is 172. The van der Waals surface area contributed by atoms with E-state index in [9.17, 15) is 76.2 Å². The van der Waals surface area contributed by atoms with Crippen molar-refractivity contribution >= 4 is 125 Å². The number of hydrogen-bond donors (Lipinski definition) is 3. The van der Waals surface area contributed by atoms with Gasteiger partial charge in [-0.3, -0.25) is 23.2 Å². The predicted molar refractivity (Wildman–Crippen MR) is 231 cm³/mol. The fourth-order valence-electron chi connectivity index (χ4n) is 5.56. The SMILES string of the molecule is O=C(Nc1cccc(S(=O)(=O)CCOS(=O)(=O)[O-])c1)c1ccc(N=Nc2c(SOO[O-])cc3c(N=Nc4ccc(S(=O)(=O)CCOSOO[O-])cc4)c(NCS(=O)(=O)[O-])ccc3c2O)c(S(=O)(=O)[O-])c1.[Na+].[Na+].[Na+].[Na+].[Na+]. The summed E-state index contributed by atoms with van der Waals surface area (Å²) in [5.74, 6) is -4.56. The first-order valence-corrected chi connectivity index (χ1v) is 27.2. The summed E-state index contributed by atoms with van der Waals surface area (Å²) in [6.07, 6.45) is 0. The van der Waals surface area contributed by atoms with Crippen LogP contribution in [0.1, 0.15) is 10.4 Å². The van der Waals surface area contributed by atoms with Crippen molar-refractivity contribution < 1.29 is 251 Å². The average Bonchev–Trinajstić information content (AvgIpc) is 3.28. The summed E-state index contributed by atoms with van der Waals surface area (Å²) in [6, 6.07) is 15.1. The maximum atomic E-state index is 13.2. The largest absolute Gasteiger partial charge is 1.00 e. The number of amides is 1. The van der Waals surface area contributed by atoms with Crippen molar-refractivity contribution in [3.63, 3.8) is 0 Å². The number of sulfone groups is 2. The van der Waals surface area contributed by atoms with Crippen molar-refractivity contribution in [1.29, 1.82) is 0 Å². The Bertz CT molecular complexity index is 3410. The molecule has 0 aliphatic rings. The fourth-order valence-corrected chi connectivity index (χ4v) is 9.95. The van der Waals surface area contributed by atoms with Crippen LogP contribution < -0.4 is 169 Å². The molecule has 0 heterocycles. The van der Waals surface area contributed by atoms with E-state index in [1.165, 1.54) is 30.3 Å². The van der Waals surface area contributed by atoms with Gasteiger partial charge in [-0.15, -0.1) is 19.7 Å². The molecule has 0 saturated carbocycles. The molecule has 0 spiro atoms. The summed E-state index contributed by atoms with van der Waals surface area (Å²) >= 11 is 0.210. The van der Waals surface area contributed by atoms with Crippen molar-refractivity contribution in [2.45, 2.75) is 19.6 Å². The monoisotopic (exact) mass is 1230 g/mol. The van der Waals surface area contributed by atoms with Gasteiger partial charge >= 0.3 is 148 Å². The Morgan fingerprint density at radius 3 is 1.89 bits per heavy atom. The normalized spacial score (nSPS) is 12.0. The van der Waals surface area contributed by atoms with Crippen LogP contribution in [0.15, 0.2) is 125 Å². The summed E-state index contributed by atoms with van der Waals surface area (Å²) in [4.78, 5) is 11.1. The number of carbonyl (C=O) groups excluding carboxylic acids is 1. The summed E-state index contributed by atoms with van der Waals surface area (Å²) in [7, 11) is -23.8. The van der Waals surface area contributed by atoms with E-state index in [1.54, 1.807) is 0 Å². The number of carbonyl (C=O) groups is 1. The molecule has 0 radical (unpaired) electrons. The zero-order valence-corrected chi connectivity index (χ0v) is 54.9. The van der Waals surface area contributed by atoms with Crippen LogP contribution in [-0.4, -0.2) is 97.4 Å². The van der Waals surface area contributed by atoms with Crippen molar-refractivity contribution in [2.75, 3.05) is 41.2 Å². The van der Waals surface area contributed by atoms with E-state index in [2.05, 4.69) is 54.0 Å². The van der Waals surface area contributed by atoms with Gasteiger partial charge in [0.2, 0.25) is 10.4 Å². The van der Waals surface area contributed by atoms with Gasteiger partial charge in [0.15, 0.2) is 37.7 Å². The molecule has 0 aliphatic heterocycles. The Balaban J connectivity index is 0.0000110. The van der Waals surface area contributed by atoms with Gasteiger partial charge in [-0.2, -0.15) is 9.45 Å². The molecule has 0 atom stereocenters. The summed E-state index contributed by atoms with van der Waals surface area (Å²) in [5.41, 5.74) is -2.42. The first-order chi connectivity index (χ1) is 32.8. The van der Waals surface area contributed by atoms with E-state index in [-0.39, 0.29) is 215 Å². The van der Waals surface area contributed by atoms with Gasteiger partial charge in [-0.25, -0.2) is 42.1 Å². The quantitative estimate of drug-likeness (QED) is 0.00714. The second kappa shape index (κ2) is 33.5. The first-order valence-electron chi connectivity index (χ1n) is 18.2. The number of benzene rings is 5. The minimum absolute atomic E-state index is 0. The maximum Gasteiger partial charge on any atom is 1.00 e. The van der Waals surface area contributed by atoms with Crippen LogP contribution in [-0.2, 0) is 77.4 Å². The van der Waals surface area contributed by atoms with Crippen molar-refractivity contribution in [1.82, 2.24) is 0 Å². The second-order valence-corrected chi connectivity index (χ2v) is 22.4. The fraction of sp³-hybridized carbons (Fsp3) is 0.147. The number of nitrogens with zero attached hydrogens (tertiary/aromatic N) is 4. The number of aromatic hydroxyl groups is 1. The molecular formula is C34H27N6Na5O23S7. The van der Waals surface area contributed by atoms with Gasteiger partial charge in [0.25, 0.3) is 5.91 Å². The van der Waals surface area contributed by atoms with Crippen LogP contribution in [0.5, 0.6) is 5.75 Å². The Kier molecular flexibility index (Phi) is 33.4. The Hall–Kier alpha value is -0.360. The smallest absolute Gasteiger partial charge is 0.747 e. The number of rotatable bonds is 25. The molecule has 0 aliphatic carbocycles. The predicted octanol–water partition coefficient (Wildman–Crippen LogP) is -12.5. The van der Waals surface area contributed by atoms with E-state index in [0.29, 0.717) is 6.07 Å². The molecule has 5 aromatic rings.